The number of methoxy groups -OCH3 is 1. The van der Waals surface area contributed by atoms with E-state index in [-0.39, 0.29) is 24.1 Å². The summed E-state index contributed by atoms with van der Waals surface area (Å²) in [6.07, 6.45) is 9.01. The Labute approximate surface area is 288 Å². The first kappa shape index (κ1) is 35.0. The van der Waals surface area contributed by atoms with Crippen molar-refractivity contribution in [1.29, 1.82) is 0 Å². The predicted molar refractivity (Wildman–Crippen MR) is 185 cm³/mol. The number of ether oxygens (including phenoxy) is 2. The number of imidazole rings is 1. The maximum Gasteiger partial charge on any atom is 0.300 e. The van der Waals surface area contributed by atoms with Crippen molar-refractivity contribution >= 4 is 39.3 Å². The monoisotopic (exact) mass is 685 g/mol. The van der Waals surface area contributed by atoms with Crippen molar-refractivity contribution in [3.63, 3.8) is 0 Å². The van der Waals surface area contributed by atoms with Crippen LogP contribution in [0.15, 0.2) is 66.7 Å². The fourth-order valence-electron chi connectivity index (χ4n) is 5.45. The highest BCUT2D eigenvalue weighted by Gasteiger charge is 2.21. The summed E-state index contributed by atoms with van der Waals surface area (Å²) in [6.45, 7) is 5.83. The lowest BCUT2D eigenvalue weighted by Crippen LogP contribution is -2.37. The van der Waals surface area contributed by atoms with Crippen LogP contribution in [0.3, 0.4) is 0 Å². The lowest BCUT2D eigenvalue weighted by atomic mass is 10.1. The van der Waals surface area contributed by atoms with Gasteiger partial charge >= 0.3 is 0 Å². The predicted octanol–water partition coefficient (Wildman–Crippen LogP) is 5.21. The normalized spacial score (nSPS) is 14.1. The lowest BCUT2D eigenvalue weighted by Gasteiger charge is -2.25. The number of rotatable bonds is 3. The van der Waals surface area contributed by atoms with Gasteiger partial charge in [0.15, 0.2) is 11.5 Å². The second-order valence-electron chi connectivity index (χ2n) is 11.4. The molecule has 2 aromatic carbocycles. The van der Waals surface area contributed by atoms with Gasteiger partial charge in [0.25, 0.3) is 17.8 Å². The Hall–Kier alpha value is -5.37. The van der Waals surface area contributed by atoms with Crippen molar-refractivity contribution in [1.82, 2.24) is 34.3 Å². The molecule has 0 radical (unpaired) electrons. The molecule has 13 nitrogen and oxygen atoms in total. The molecule has 1 aliphatic heterocycles. The van der Waals surface area contributed by atoms with Crippen LogP contribution in [0.4, 0.5) is 0 Å². The Bertz CT molecular complexity index is 1890. The Morgan fingerprint density at radius 2 is 1.63 bits per heavy atom. The maximum atomic E-state index is 13.8. The van der Waals surface area contributed by atoms with Crippen LogP contribution in [0.25, 0.3) is 21.6 Å². The number of carbonyl (C=O) groups is 3. The Balaban J connectivity index is 0.00000111. The van der Waals surface area contributed by atoms with Crippen molar-refractivity contribution in [3.8, 4) is 22.9 Å². The van der Waals surface area contributed by atoms with Gasteiger partial charge in [-0.25, -0.2) is 15.0 Å². The summed E-state index contributed by atoms with van der Waals surface area (Å²) in [7, 11) is 1.60. The third-order valence-corrected chi connectivity index (χ3v) is 8.63. The van der Waals surface area contributed by atoms with E-state index in [1.54, 1.807) is 29.9 Å². The van der Waals surface area contributed by atoms with Gasteiger partial charge in [0, 0.05) is 62.8 Å². The number of aromatic nitrogens is 5. The van der Waals surface area contributed by atoms with Crippen molar-refractivity contribution in [2.45, 2.75) is 39.7 Å². The number of thiazole rings is 1. The van der Waals surface area contributed by atoms with Crippen molar-refractivity contribution in [2.24, 2.45) is 0 Å². The van der Waals surface area contributed by atoms with Crippen molar-refractivity contribution in [2.75, 3.05) is 39.9 Å². The average Bonchev–Trinajstić information content (AvgIpc) is 3.77. The van der Waals surface area contributed by atoms with Crippen LogP contribution in [0, 0.1) is 6.92 Å². The summed E-state index contributed by atoms with van der Waals surface area (Å²) in [5.74, 6) is 0.923. The third kappa shape index (κ3) is 9.16. The van der Waals surface area contributed by atoms with Gasteiger partial charge in [-0.2, -0.15) is 0 Å². The van der Waals surface area contributed by atoms with Crippen LogP contribution >= 0.6 is 11.3 Å². The molecule has 14 heteroatoms. The van der Waals surface area contributed by atoms with Gasteiger partial charge in [-0.3, -0.25) is 19.4 Å². The second kappa shape index (κ2) is 16.6. The molecule has 4 heterocycles. The molecule has 5 aromatic rings. The van der Waals surface area contributed by atoms with Gasteiger partial charge in [-0.05, 0) is 62.6 Å². The molecule has 0 atom stereocenters. The summed E-state index contributed by atoms with van der Waals surface area (Å²) in [6, 6.07) is 11.4. The van der Waals surface area contributed by atoms with Crippen molar-refractivity contribution < 1.29 is 29.0 Å². The summed E-state index contributed by atoms with van der Waals surface area (Å²) < 4.78 is 14.9. The number of carboxylic acid groups (broad SMARTS) is 1. The van der Waals surface area contributed by atoms with Gasteiger partial charge < -0.3 is 28.9 Å². The highest BCUT2D eigenvalue weighted by atomic mass is 32.1. The van der Waals surface area contributed by atoms with Crippen LogP contribution in [0.5, 0.6) is 11.5 Å². The molecule has 49 heavy (non-hydrogen) atoms. The summed E-state index contributed by atoms with van der Waals surface area (Å²) >= 11 is 1.53. The SMILES string of the molecule is CC(=O)O.COc1ccc2cc1OCCN(C(=O)c1cnc(C)cn1)CCCCN(C(=O)c1ccc3ncsc3c1)CCCn1ccnc1-2. The third-order valence-electron chi connectivity index (χ3n) is 7.84. The molecule has 0 saturated carbocycles. The number of benzene rings is 2. The minimum atomic E-state index is -0.833. The second-order valence-corrected chi connectivity index (χ2v) is 12.3. The van der Waals surface area contributed by atoms with Crippen molar-refractivity contribution in [3.05, 3.63) is 83.6 Å². The van der Waals surface area contributed by atoms with Crippen LogP contribution in [-0.4, -0.2) is 97.1 Å². The largest absolute Gasteiger partial charge is 0.493 e. The Kier molecular flexibility index (Phi) is 11.9. The van der Waals surface area contributed by atoms with Gasteiger partial charge in [0.2, 0.25) is 0 Å². The van der Waals surface area contributed by atoms with Crippen LogP contribution in [-0.2, 0) is 11.3 Å². The molecule has 0 saturated heterocycles. The molecule has 1 aliphatic rings. The molecule has 1 N–H and O–H groups in total. The van der Waals surface area contributed by atoms with Gasteiger partial charge in [0.1, 0.15) is 18.1 Å². The first-order chi connectivity index (χ1) is 23.7. The van der Waals surface area contributed by atoms with E-state index in [9.17, 15) is 9.59 Å². The zero-order chi connectivity index (χ0) is 34.8. The van der Waals surface area contributed by atoms with Crippen LogP contribution in [0.2, 0.25) is 0 Å². The molecule has 3 aromatic heterocycles. The standard InChI is InChI=1S/C33H35N7O4S.C2H4O2/c1-23-20-36-27(21-35-23)33(42)40-12-4-3-11-39(32(41)25-6-8-26-30(19-25)45-22-37-26)14-5-13-38-15-10-34-31(38)24-7-9-28(43-2)29(18-24)44-17-16-40;1-2(3)4/h6-10,15,18-22H,3-5,11-14,16-17H2,1-2H3;1H3,(H,3,4). The van der Waals surface area contributed by atoms with E-state index < -0.39 is 5.97 Å². The molecule has 0 aliphatic carbocycles. The highest BCUT2D eigenvalue weighted by molar-refractivity contribution is 7.16. The maximum absolute atomic E-state index is 13.8. The highest BCUT2D eigenvalue weighted by Crippen LogP contribution is 2.32. The molecule has 2 bridgehead atoms. The molecule has 256 valence electrons. The molecule has 0 fully saturated rings. The van der Waals surface area contributed by atoms with Gasteiger partial charge in [0.05, 0.1) is 41.3 Å². The zero-order valence-corrected chi connectivity index (χ0v) is 28.6. The van der Waals surface area contributed by atoms with E-state index in [1.165, 1.54) is 17.5 Å². The van der Waals surface area contributed by atoms with E-state index in [0.29, 0.717) is 56.2 Å². The molecule has 2 amide bonds. The number of amides is 2. The molecular weight excluding hydrogens is 646 g/mol. The zero-order valence-electron chi connectivity index (χ0n) is 27.7. The Morgan fingerprint density at radius 1 is 0.878 bits per heavy atom. The van der Waals surface area contributed by atoms with Gasteiger partial charge in [-0.1, -0.05) is 0 Å². The van der Waals surface area contributed by atoms with Crippen LogP contribution < -0.4 is 9.47 Å². The molecular formula is C35H39N7O6S. The number of carbonyl (C=O) groups excluding carboxylic acids is 2. The molecule has 0 spiro atoms. The number of fused-ring (bicyclic) bond motifs is 5. The topological polar surface area (TPSA) is 153 Å². The first-order valence-electron chi connectivity index (χ1n) is 16.0. The number of aryl methyl sites for hydroxylation is 2. The van der Waals surface area contributed by atoms with E-state index in [4.69, 9.17) is 19.4 Å². The number of hydrogen-bond acceptors (Lipinski definition) is 10. The van der Waals surface area contributed by atoms with E-state index in [1.807, 2.05) is 54.4 Å². The minimum absolute atomic E-state index is 0.00914. The van der Waals surface area contributed by atoms with Gasteiger partial charge in [-0.15, -0.1) is 11.3 Å². The minimum Gasteiger partial charge on any atom is -0.493 e. The fraction of sp³-hybridized carbons (Fsp3) is 0.343. The van der Waals surface area contributed by atoms with E-state index >= 15 is 0 Å². The summed E-state index contributed by atoms with van der Waals surface area (Å²) in [5.41, 5.74) is 5.25. The number of aliphatic carboxylic acids is 1. The number of nitrogens with zero attached hydrogens (tertiary/aromatic N) is 7. The van der Waals surface area contributed by atoms with E-state index in [0.717, 1.165) is 47.1 Å². The van der Waals surface area contributed by atoms with Crippen LogP contribution in [0.1, 0.15) is 52.7 Å². The first-order valence-corrected chi connectivity index (χ1v) is 16.8. The fourth-order valence-corrected chi connectivity index (χ4v) is 6.16. The summed E-state index contributed by atoms with van der Waals surface area (Å²) in [5, 5.41) is 7.42. The quantitative estimate of drug-likeness (QED) is 0.268. The van der Waals surface area contributed by atoms with E-state index in [2.05, 4.69) is 24.5 Å². The lowest BCUT2D eigenvalue weighted by molar-refractivity contribution is -0.134. The molecule has 6 rings (SSSR count). The summed E-state index contributed by atoms with van der Waals surface area (Å²) in [4.78, 5) is 57.5. The molecule has 0 unspecified atom stereocenters. The number of carboxylic acids is 1. The number of hydrogen-bond donors (Lipinski definition) is 1. The smallest absolute Gasteiger partial charge is 0.300 e. The Morgan fingerprint density at radius 3 is 2.37 bits per heavy atom. The average molecular weight is 686 g/mol.